The molecule has 0 aromatic carbocycles. The van der Waals surface area contributed by atoms with E-state index in [-0.39, 0.29) is 12.1 Å². The summed E-state index contributed by atoms with van der Waals surface area (Å²) in [5.41, 5.74) is 0. The maximum Gasteiger partial charge on any atom is 0.348 e. The maximum absolute atomic E-state index is 11.0. The lowest BCUT2D eigenvalue weighted by Crippen LogP contribution is -2.02. The third-order valence-electron chi connectivity index (χ3n) is 1.54. The Bertz CT molecular complexity index is 291. The Morgan fingerprint density at radius 3 is 2.92 bits per heavy atom. The van der Waals surface area contributed by atoms with Crippen LogP contribution in [0.3, 0.4) is 0 Å². The second-order valence-corrected chi connectivity index (χ2v) is 3.98. The van der Waals surface area contributed by atoms with E-state index in [9.17, 15) is 4.79 Å². The highest BCUT2D eigenvalue weighted by molar-refractivity contribution is 7.13. The van der Waals surface area contributed by atoms with Crippen LogP contribution in [0.15, 0.2) is 12.1 Å². The first kappa shape index (κ1) is 10.2. The Kier molecular flexibility index (Phi) is 3.45. The third-order valence-corrected chi connectivity index (χ3v) is 2.63. The van der Waals surface area contributed by atoms with Gasteiger partial charge in [0.2, 0.25) is 0 Å². The number of hydrogen-bond donors (Lipinski definition) is 1. The monoisotopic (exact) mass is 200 g/mol. The van der Waals surface area contributed by atoms with Crippen molar-refractivity contribution in [1.82, 2.24) is 0 Å². The number of carbonyl (C=O) groups is 1. The smallest absolute Gasteiger partial charge is 0.348 e. The van der Waals surface area contributed by atoms with E-state index in [1.165, 1.54) is 18.4 Å². The van der Waals surface area contributed by atoms with E-state index in [2.05, 4.69) is 4.74 Å². The van der Waals surface area contributed by atoms with Gasteiger partial charge in [0.1, 0.15) is 4.88 Å². The summed E-state index contributed by atoms with van der Waals surface area (Å²) in [5, 5.41) is 9.10. The molecule has 1 N–H and O–H groups in total. The summed E-state index contributed by atoms with van der Waals surface area (Å²) >= 11 is 1.36. The zero-order valence-corrected chi connectivity index (χ0v) is 8.43. The van der Waals surface area contributed by atoms with Gasteiger partial charge in [-0.2, -0.15) is 0 Å². The Hall–Kier alpha value is -0.870. The molecule has 0 radical (unpaired) electrons. The SMILES string of the molecule is COC(=O)c1ccc(C[C@H](C)O)s1. The minimum Gasteiger partial charge on any atom is -0.465 e. The van der Waals surface area contributed by atoms with Gasteiger partial charge in [-0.05, 0) is 19.1 Å². The molecule has 0 spiro atoms. The van der Waals surface area contributed by atoms with Crippen LogP contribution < -0.4 is 0 Å². The summed E-state index contributed by atoms with van der Waals surface area (Å²) in [7, 11) is 1.36. The quantitative estimate of drug-likeness (QED) is 0.751. The van der Waals surface area contributed by atoms with E-state index in [1.807, 2.05) is 6.07 Å². The van der Waals surface area contributed by atoms with Gasteiger partial charge in [0.25, 0.3) is 0 Å². The number of methoxy groups -OCH3 is 1. The van der Waals surface area contributed by atoms with Gasteiger partial charge in [-0.25, -0.2) is 4.79 Å². The van der Waals surface area contributed by atoms with Crippen LogP contribution in [-0.4, -0.2) is 24.3 Å². The molecule has 13 heavy (non-hydrogen) atoms. The Morgan fingerprint density at radius 1 is 1.69 bits per heavy atom. The van der Waals surface area contributed by atoms with E-state index in [0.717, 1.165) is 4.88 Å². The van der Waals surface area contributed by atoms with E-state index < -0.39 is 0 Å². The largest absolute Gasteiger partial charge is 0.465 e. The highest BCUT2D eigenvalue weighted by Crippen LogP contribution is 2.18. The molecule has 0 amide bonds. The molecule has 0 unspecified atom stereocenters. The van der Waals surface area contributed by atoms with Gasteiger partial charge in [0.05, 0.1) is 13.2 Å². The van der Waals surface area contributed by atoms with Crippen LogP contribution in [-0.2, 0) is 11.2 Å². The van der Waals surface area contributed by atoms with Crippen molar-refractivity contribution < 1.29 is 14.6 Å². The van der Waals surface area contributed by atoms with Crippen molar-refractivity contribution in [2.24, 2.45) is 0 Å². The second kappa shape index (κ2) is 4.39. The average molecular weight is 200 g/mol. The number of ether oxygens (including phenoxy) is 1. The molecule has 1 aromatic heterocycles. The summed E-state index contributed by atoms with van der Waals surface area (Å²) < 4.78 is 4.56. The van der Waals surface area contributed by atoms with Crippen molar-refractivity contribution in [2.45, 2.75) is 19.4 Å². The fraction of sp³-hybridized carbons (Fsp3) is 0.444. The topological polar surface area (TPSA) is 46.5 Å². The molecule has 1 atom stereocenters. The second-order valence-electron chi connectivity index (χ2n) is 2.81. The fourth-order valence-electron chi connectivity index (χ4n) is 0.989. The zero-order chi connectivity index (χ0) is 9.84. The summed E-state index contributed by atoms with van der Waals surface area (Å²) in [6.07, 6.45) is 0.214. The van der Waals surface area contributed by atoms with E-state index in [4.69, 9.17) is 5.11 Å². The lowest BCUT2D eigenvalue weighted by Gasteiger charge is -1.98. The number of hydrogen-bond acceptors (Lipinski definition) is 4. The molecule has 0 bridgehead atoms. The summed E-state index contributed by atoms with van der Waals surface area (Å²) in [4.78, 5) is 12.6. The van der Waals surface area contributed by atoms with Crippen LogP contribution in [0.25, 0.3) is 0 Å². The first-order chi connectivity index (χ1) is 6.13. The van der Waals surface area contributed by atoms with Gasteiger partial charge in [-0.15, -0.1) is 11.3 Å². The van der Waals surface area contributed by atoms with Crippen molar-refractivity contribution in [3.05, 3.63) is 21.9 Å². The molecular formula is C9H12O3S. The number of esters is 1. The minimum atomic E-state index is -0.371. The van der Waals surface area contributed by atoms with E-state index in [0.29, 0.717) is 11.3 Å². The molecule has 1 aromatic rings. The lowest BCUT2D eigenvalue weighted by molar-refractivity contribution is 0.0606. The van der Waals surface area contributed by atoms with Gasteiger partial charge in [0, 0.05) is 11.3 Å². The molecule has 0 saturated carbocycles. The normalized spacial score (nSPS) is 12.5. The van der Waals surface area contributed by atoms with Gasteiger partial charge in [-0.1, -0.05) is 0 Å². The molecule has 3 nitrogen and oxygen atoms in total. The van der Waals surface area contributed by atoms with Gasteiger partial charge >= 0.3 is 5.97 Å². The van der Waals surface area contributed by atoms with Crippen LogP contribution >= 0.6 is 11.3 Å². The van der Waals surface area contributed by atoms with Gasteiger partial charge in [0.15, 0.2) is 0 Å². The summed E-state index contributed by atoms with van der Waals surface area (Å²) in [6.45, 7) is 1.72. The molecule has 1 heterocycles. The molecule has 4 heteroatoms. The minimum absolute atomic E-state index is 0.318. The standard InChI is InChI=1S/C9H12O3S/c1-6(10)5-7-3-4-8(13-7)9(11)12-2/h3-4,6,10H,5H2,1-2H3/t6-/m0/s1. The maximum atomic E-state index is 11.0. The first-order valence-electron chi connectivity index (χ1n) is 3.98. The number of rotatable bonds is 3. The van der Waals surface area contributed by atoms with Crippen LogP contribution in [0.2, 0.25) is 0 Å². The first-order valence-corrected chi connectivity index (χ1v) is 4.80. The van der Waals surface area contributed by atoms with Crippen molar-refractivity contribution in [1.29, 1.82) is 0 Å². The zero-order valence-electron chi connectivity index (χ0n) is 7.61. The number of thiophene rings is 1. The van der Waals surface area contributed by atoms with Gasteiger partial charge in [-0.3, -0.25) is 0 Å². The molecule has 0 aliphatic heterocycles. The third kappa shape index (κ3) is 2.82. The van der Waals surface area contributed by atoms with Crippen molar-refractivity contribution >= 4 is 17.3 Å². The molecule has 0 aliphatic carbocycles. The van der Waals surface area contributed by atoms with Crippen molar-refractivity contribution in [3.63, 3.8) is 0 Å². The summed E-state index contributed by atoms with van der Waals surface area (Å²) in [6, 6.07) is 3.55. The predicted octanol–water partition coefficient (Wildman–Crippen LogP) is 1.46. The highest BCUT2D eigenvalue weighted by atomic mass is 32.1. The van der Waals surface area contributed by atoms with Crippen molar-refractivity contribution in [3.8, 4) is 0 Å². The van der Waals surface area contributed by atoms with Gasteiger partial charge < -0.3 is 9.84 Å². The summed E-state index contributed by atoms with van der Waals surface area (Å²) in [5.74, 6) is -0.318. The van der Waals surface area contributed by atoms with Crippen LogP contribution in [0.1, 0.15) is 21.5 Å². The molecular weight excluding hydrogens is 188 g/mol. The molecule has 0 aliphatic rings. The number of aliphatic hydroxyl groups is 1. The highest BCUT2D eigenvalue weighted by Gasteiger charge is 2.09. The molecule has 72 valence electrons. The molecule has 1 rings (SSSR count). The van der Waals surface area contributed by atoms with Crippen LogP contribution in [0.4, 0.5) is 0 Å². The van der Waals surface area contributed by atoms with Crippen LogP contribution in [0.5, 0.6) is 0 Å². The Balaban J connectivity index is 2.69. The van der Waals surface area contributed by atoms with Crippen LogP contribution in [0, 0.1) is 0 Å². The van der Waals surface area contributed by atoms with E-state index in [1.54, 1.807) is 13.0 Å². The fourth-order valence-corrected chi connectivity index (χ4v) is 2.03. The Morgan fingerprint density at radius 2 is 2.38 bits per heavy atom. The average Bonchev–Trinajstić information content (AvgIpc) is 2.50. The molecule has 0 saturated heterocycles. The van der Waals surface area contributed by atoms with E-state index >= 15 is 0 Å². The lowest BCUT2D eigenvalue weighted by atomic mass is 10.2. The number of aliphatic hydroxyl groups excluding tert-OH is 1. The number of carbonyl (C=O) groups excluding carboxylic acids is 1. The predicted molar refractivity (Wildman–Crippen MR) is 51.0 cm³/mol. The van der Waals surface area contributed by atoms with Crippen molar-refractivity contribution in [2.75, 3.05) is 7.11 Å². The Labute approximate surface area is 81.0 Å². The molecule has 0 fully saturated rings.